The Morgan fingerprint density at radius 2 is 1.79 bits per heavy atom. The summed E-state index contributed by atoms with van der Waals surface area (Å²) in [6, 6.07) is 9.37. The summed E-state index contributed by atoms with van der Waals surface area (Å²) in [5, 5.41) is 8.13. The zero-order valence-electron chi connectivity index (χ0n) is 16.1. The van der Waals surface area contributed by atoms with Gasteiger partial charge < -0.3 is 19.4 Å². The van der Waals surface area contributed by atoms with Crippen LogP contribution in [0.25, 0.3) is 0 Å². The lowest BCUT2D eigenvalue weighted by Crippen LogP contribution is -2.51. The van der Waals surface area contributed by atoms with E-state index < -0.39 is 0 Å². The van der Waals surface area contributed by atoms with Gasteiger partial charge in [0.25, 0.3) is 0 Å². The second kappa shape index (κ2) is 8.02. The van der Waals surface area contributed by atoms with Crippen molar-refractivity contribution >= 4 is 23.3 Å². The summed E-state index contributed by atoms with van der Waals surface area (Å²) < 4.78 is 18.1. The zero-order chi connectivity index (χ0) is 20.4. The second-order valence-corrected chi connectivity index (χ2v) is 7.13. The van der Waals surface area contributed by atoms with Crippen LogP contribution in [-0.2, 0) is 9.59 Å². The van der Waals surface area contributed by atoms with Gasteiger partial charge in [0.1, 0.15) is 5.82 Å². The molecule has 2 amide bonds. The lowest BCUT2D eigenvalue weighted by Gasteiger charge is -2.36. The molecule has 4 rings (SSSR count). The molecule has 0 N–H and O–H groups in total. The maximum Gasteiger partial charge on any atom is 0.233 e. The Labute approximate surface area is 167 Å². The van der Waals surface area contributed by atoms with Gasteiger partial charge in [0.15, 0.2) is 5.82 Å². The molecule has 2 aliphatic heterocycles. The molecule has 1 aromatic carbocycles. The molecule has 0 spiro atoms. The molecule has 0 saturated carbocycles. The summed E-state index contributed by atoms with van der Waals surface area (Å²) in [6.45, 7) is 2.75. The average molecular weight is 399 g/mol. The number of piperazine rings is 1. The molecule has 2 aliphatic rings. The van der Waals surface area contributed by atoms with E-state index in [1.54, 1.807) is 35.1 Å². The maximum atomic E-state index is 13.1. The van der Waals surface area contributed by atoms with Crippen molar-refractivity contribution in [2.24, 2.45) is 5.92 Å². The molecule has 29 heavy (non-hydrogen) atoms. The molecule has 2 fully saturated rings. The highest BCUT2D eigenvalue weighted by Gasteiger charge is 2.38. The van der Waals surface area contributed by atoms with Crippen molar-refractivity contribution in [3.8, 4) is 5.88 Å². The first-order valence-corrected chi connectivity index (χ1v) is 9.52. The van der Waals surface area contributed by atoms with Gasteiger partial charge in [-0.15, -0.1) is 10.2 Å². The van der Waals surface area contributed by atoms with Crippen molar-refractivity contribution in [2.45, 2.75) is 6.42 Å². The van der Waals surface area contributed by atoms with Crippen LogP contribution in [0.2, 0.25) is 0 Å². The minimum absolute atomic E-state index is 0.0107. The largest absolute Gasteiger partial charge is 0.480 e. The topological polar surface area (TPSA) is 78.9 Å². The Kier molecular flexibility index (Phi) is 5.28. The number of nitrogens with zero attached hydrogens (tertiary/aromatic N) is 5. The number of aromatic nitrogens is 2. The van der Waals surface area contributed by atoms with Gasteiger partial charge in [0.05, 0.1) is 13.0 Å². The van der Waals surface area contributed by atoms with Crippen LogP contribution in [-0.4, -0.2) is 66.7 Å². The van der Waals surface area contributed by atoms with Crippen LogP contribution in [0, 0.1) is 11.7 Å². The number of benzene rings is 1. The summed E-state index contributed by atoms with van der Waals surface area (Å²) >= 11 is 0. The van der Waals surface area contributed by atoms with Crippen LogP contribution in [0.15, 0.2) is 36.4 Å². The van der Waals surface area contributed by atoms with Crippen LogP contribution in [0.4, 0.5) is 15.9 Å². The number of carbonyl (C=O) groups excluding carboxylic acids is 2. The number of hydrogen-bond acceptors (Lipinski definition) is 6. The van der Waals surface area contributed by atoms with E-state index in [-0.39, 0.29) is 30.0 Å². The van der Waals surface area contributed by atoms with Crippen molar-refractivity contribution in [3.63, 3.8) is 0 Å². The molecule has 1 atom stereocenters. The molecular weight excluding hydrogens is 377 g/mol. The third-order valence-electron chi connectivity index (χ3n) is 5.36. The Morgan fingerprint density at radius 1 is 1.07 bits per heavy atom. The summed E-state index contributed by atoms with van der Waals surface area (Å²) in [4.78, 5) is 30.7. The first kappa shape index (κ1) is 19.1. The number of methoxy groups -OCH3 is 1. The fourth-order valence-corrected chi connectivity index (χ4v) is 3.75. The Hall–Kier alpha value is -3.23. The van der Waals surface area contributed by atoms with Crippen molar-refractivity contribution in [2.75, 3.05) is 49.6 Å². The van der Waals surface area contributed by atoms with Gasteiger partial charge in [0.2, 0.25) is 17.7 Å². The van der Waals surface area contributed by atoms with E-state index in [0.29, 0.717) is 44.3 Å². The SMILES string of the molecule is COc1ccc(N2CCN(C(=O)C3CC(=O)N(c4ccc(F)cc4)C3)CC2)nn1. The molecule has 9 heteroatoms. The van der Waals surface area contributed by atoms with E-state index in [1.165, 1.54) is 12.1 Å². The van der Waals surface area contributed by atoms with E-state index in [9.17, 15) is 14.0 Å². The van der Waals surface area contributed by atoms with Crippen LogP contribution in [0.5, 0.6) is 5.88 Å². The number of amides is 2. The summed E-state index contributed by atoms with van der Waals surface area (Å²) in [5.74, 6) is 0.355. The molecule has 2 saturated heterocycles. The molecule has 0 radical (unpaired) electrons. The maximum absolute atomic E-state index is 13.1. The van der Waals surface area contributed by atoms with E-state index >= 15 is 0 Å². The van der Waals surface area contributed by atoms with E-state index in [4.69, 9.17) is 4.74 Å². The quantitative estimate of drug-likeness (QED) is 0.772. The number of rotatable bonds is 4. The van der Waals surface area contributed by atoms with Gasteiger partial charge in [-0.05, 0) is 30.3 Å². The van der Waals surface area contributed by atoms with Crippen molar-refractivity contribution in [1.82, 2.24) is 15.1 Å². The smallest absolute Gasteiger partial charge is 0.233 e. The Bertz CT molecular complexity index is 882. The predicted octanol–water partition coefficient (Wildman–Crippen LogP) is 1.33. The number of carbonyl (C=O) groups is 2. The van der Waals surface area contributed by atoms with Crippen molar-refractivity contribution < 1.29 is 18.7 Å². The lowest BCUT2D eigenvalue weighted by atomic mass is 10.1. The molecule has 1 unspecified atom stereocenters. The van der Waals surface area contributed by atoms with Gasteiger partial charge in [-0.25, -0.2) is 4.39 Å². The van der Waals surface area contributed by atoms with Crippen LogP contribution >= 0.6 is 0 Å². The van der Waals surface area contributed by atoms with Crippen molar-refractivity contribution in [3.05, 3.63) is 42.2 Å². The molecule has 152 valence electrons. The molecule has 0 bridgehead atoms. The monoisotopic (exact) mass is 399 g/mol. The molecular formula is C20H22FN5O3. The fourth-order valence-electron chi connectivity index (χ4n) is 3.75. The van der Waals surface area contributed by atoms with Gasteiger partial charge in [0, 0.05) is 50.9 Å². The molecule has 0 aliphatic carbocycles. The third kappa shape index (κ3) is 3.98. The number of halogens is 1. The van der Waals surface area contributed by atoms with Gasteiger partial charge in [-0.2, -0.15) is 0 Å². The van der Waals surface area contributed by atoms with Gasteiger partial charge in [-0.1, -0.05) is 0 Å². The van der Waals surface area contributed by atoms with E-state index in [2.05, 4.69) is 15.1 Å². The van der Waals surface area contributed by atoms with Crippen LogP contribution in [0.3, 0.4) is 0 Å². The standard InChI is InChI=1S/C20H22FN5O3/c1-29-18-7-6-17(22-23-18)24-8-10-25(11-9-24)20(28)14-12-19(27)26(13-14)16-4-2-15(21)3-5-16/h2-7,14H,8-13H2,1H3. The summed E-state index contributed by atoms with van der Waals surface area (Å²) in [5.41, 5.74) is 0.620. The first-order valence-electron chi connectivity index (χ1n) is 9.52. The predicted molar refractivity (Wildman–Crippen MR) is 104 cm³/mol. The van der Waals surface area contributed by atoms with Crippen LogP contribution in [0.1, 0.15) is 6.42 Å². The first-order chi connectivity index (χ1) is 14.0. The minimum Gasteiger partial charge on any atom is -0.480 e. The van der Waals surface area contributed by atoms with E-state index in [0.717, 1.165) is 5.82 Å². The van der Waals surface area contributed by atoms with E-state index in [1.807, 2.05) is 6.07 Å². The zero-order valence-corrected chi connectivity index (χ0v) is 16.1. The molecule has 8 nitrogen and oxygen atoms in total. The highest BCUT2D eigenvalue weighted by molar-refractivity contribution is 6.00. The summed E-state index contributed by atoms with van der Waals surface area (Å²) in [6.07, 6.45) is 0.181. The van der Waals surface area contributed by atoms with Gasteiger partial charge in [-0.3, -0.25) is 9.59 Å². The molecule has 3 heterocycles. The van der Waals surface area contributed by atoms with Gasteiger partial charge >= 0.3 is 0 Å². The highest BCUT2D eigenvalue weighted by atomic mass is 19.1. The lowest BCUT2D eigenvalue weighted by molar-refractivity contribution is -0.136. The number of ether oxygens (including phenoxy) is 1. The number of hydrogen-bond donors (Lipinski definition) is 0. The Morgan fingerprint density at radius 3 is 2.41 bits per heavy atom. The summed E-state index contributed by atoms with van der Waals surface area (Å²) in [7, 11) is 1.54. The molecule has 1 aromatic heterocycles. The number of anilines is 2. The molecule has 2 aromatic rings. The fraction of sp³-hybridized carbons (Fsp3) is 0.400. The Balaban J connectivity index is 1.34. The average Bonchev–Trinajstić information content (AvgIpc) is 3.15. The van der Waals surface area contributed by atoms with Crippen molar-refractivity contribution in [1.29, 1.82) is 0 Å². The highest BCUT2D eigenvalue weighted by Crippen LogP contribution is 2.27. The minimum atomic E-state index is -0.375. The third-order valence-corrected chi connectivity index (χ3v) is 5.36. The second-order valence-electron chi connectivity index (χ2n) is 7.13. The normalized spacial score (nSPS) is 19.6. The van der Waals surface area contributed by atoms with Crippen LogP contribution < -0.4 is 14.5 Å².